The molecule has 0 aliphatic carbocycles. The molecule has 82 valence electrons. The number of rotatable bonds is 3. The molecule has 0 spiro atoms. The number of benzene rings is 1. The third-order valence-corrected chi connectivity index (χ3v) is 2.77. The van der Waals surface area contributed by atoms with Crippen LogP contribution in [0, 0.1) is 0 Å². The van der Waals surface area contributed by atoms with E-state index in [9.17, 15) is 0 Å². The minimum Gasteiger partial charge on any atom is -0.508 e. The number of ether oxygens (including phenoxy) is 1. The van der Waals surface area contributed by atoms with Crippen LogP contribution in [0.3, 0.4) is 0 Å². The molecular formula is C11H16N2O2. The second-order valence-corrected chi connectivity index (χ2v) is 3.96. The van der Waals surface area contributed by atoms with Gasteiger partial charge < -0.3 is 20.9 Å². The molecule has 4 heteroatoms. The molecule has 1 aliphatic heterocycles. The SMILES string of the molecule is NCC1(Nc2ccc(O)cc2)CCOC1. The van der Waals surface area contributed by atoms with Crippen LogP contribution >= 0.6 is 0 Å². The molecule has 15 heavy (non-hydrogen) atoms. The monoisotopic (exact) mass is 208 g/mol. The first kappa shape index (κ1) is 10.3. The lowest BCUT2D eigenvalue weighted by Crippen LogP contribution is -2.46. The highest BCUT2D eigenvalue weighted by Gasteiger charge is 2.33. The van der Waals surface area contributed by atoms with Gasteiger partial charge >= 0.3 is 0 Å². The molecule has 0 bridgehead atoms. The van der Waals surface area contributed by atoms with Crippen molar-refractivity contribution in [2.45, 2.75) is 12.0 Å². The normalized spacial score (nSPS) is 25.4. The van der Waals surface area contributed by atoms with Crippen molar-refractivity contribution in [3.05, 3.63) is 24.3 Å². The molecule has 0 aromatic heterocycles. The van der Waals surface area contributed by atoms with Crippen molar-refractivity contribution < 1.29 is 9.84 Å². The molecule has 1 aromatic rings. The maximum absolute atomic E-state index is 9.16. The lowest BCUT2D eigenvalue weighted by Gasteiger charge is -2.28. The van der Waals surface area contributed by atoms with E-state index in [1.165, 1.54) is 0 Å². The van der Waals surface area contributed by atoms with E-state index in [1.54, 1.807) is 12.1 Å². The van der Waals surface area contributed by atoms with Crippen molar-refractivity contribution >= 4 is 5.69 Å². The van der Waals surface area contributed by atoms with Crippen LogP contribution in [-0.2, 0) is 4.74 Å². The van der Waals surface area contributed by atoms with Crippen molar-refractivity contribution in [1.82, 2.24) is 0 Å². The van der Waals surface area contributed by atoms with Gasteiger partial charge in [0.1, 0.15) is 5.75 Å². The van der Waals surface area contributed by atoms with Gasteiger partial charge in [-0.25, -0.2) is 0 Å². The van der Waals surface area contributed by atoms with E-state index in [1.807, 2.05) is 12.1 Å². The first-order valence-electron chi connectivity index (χ1n) is 5.09. The fraction of sp³-hybridized carbons (Fsp3) is 0.455. The highest BCUT2D eigenvalue weighted by atomic mass is 16.5. The summed E-state index contributed by atoms with van der Waals surface area (Å²) in [6.45, 7) is 1.94. The topological polar surface area (TPSA) is 67.5 Å². The molecule has 0 amide bonds. The van der Waals surface area contributed by atoms with E-state index < -0.39 is 0 Å². The van der Waals surface area contributed by atoms with E-state index in [4.69, 9.17) is 15.6 Å². The number of hydrogen-bond donors (Lipinski definition) is 3. The minimum absolute atomic E-state index is 0.142. The van der Waals surface area contributed by atoms with Crippen LogP contribution < -0.4 is 11.1 Å². The Morgan fingerprint density at radius 3 is 2.67 bits per heavy atom. The predicted octanol–water partition coefficient (Wildman–Crippen LogP) is 0.922. The molecule has 1 saturated heterocycles. The van der Waals surface area contributed by atoms with Crippen LogP contribution in [-0.4, -0.2) is 30.4 Å². The quantitative estimate of drug-likeness (QED) is 0.646. The summed E-state index contributed by atoms with van der Waals surface area (Å²) in [5.74, 6) is 0.269. The molecule has 2 rings (SSSR count). The third-order valence-electron chi connectivity index (χ3n) is 2.77. The number of aromatic hydroxyl groups is 1. The fourth-order valence-electron chi connectivity index (χ4n) is 1.77. The minimum atomic E-state index is -0.142. The Hall–Kier alpha value is -1.26. The summed E-state index contributed by atoms with van der Waals surface area (Å²) >= 11 is 0. The van der Waals surface area contributed by atoms with Gasteiger partial charge in [0.05, 0.1) is 12.1 Å². The molecule has 1 aliphatic rings. The summed E-state index contributed by atoms with van der Waals surface area (Å²) in [7, 11) is 0. The van der Waals surface area contributed by atoms with Crippen molar-refractivity contribution in [3.8, 4) is 5.75 Å². The first-order chi connectivity index (χ1) is 7.24. The second-order valence-electron chi connectivity index (χ2n) is 3.96. The standard InChI is InChI=1S/C11H16N2O2/c12-7-11(5-6-15-8-11)13-9-1-3-10(14)4-2-9/h1-4,13-14H,5-8,12H2. The molecule has 1 unspecified atom stereocenters. The van der Waals surface area contributed by atoms with Gasteiger partial charge in [-0.3, -0.25) is 0 Å². The number of anilines is 1. The highest BCUT2D eigenvalue weighted by Crippen LogP contribution is 2.24. The zero-order chi connectivity index (χ0) is 10.7. The van der Waals surface area contributed by atoms with Gasteiger partial charge in [0.15, 0.2) is 0 Å². The first-order valence-corrected chi connectivity index (χ1v) is 5.09. The lowest BCUT2D eigenvalue weighted by molar-refractivity contribution is 0.183. The van der Waals surface area contributed by atoms with E-state index in [2.05, 4.69) is 5.32 Å². The Morgan fingerprint density at radius 2 is 2.13 bits per heavy atom. The van der Waals surface area contributed by atoms with Gasteiger partial charge in [0.25, 0.3) is 0 Å². The molecule has 0 radical (unpaired) electrons. The summed E-state index contributed by atoms with van der Waals surface area (Å²) in [5.41, 5.74) is 6.57. The van der Waals surface area contributed by atoms with Crippen molar-refractivity contribution in [1.29, 1.82) is 0 Å². The van der Waals surface area contributed by atoms with Gasteiger partial charge in [0, 0.05) is 18.8 Å². The number of phenolic OH excluding ortho intramolecular Hbond substituents is 1. The van der Waals surface area contributed by atoms with E-state index in [-0.39, 0.29) is 11.3 Å². The largest absolute Gasteiger partial charge is 0.508 e. The van der Waals surface area contributed by atoms with Crippen LogP contribution in [0.25, 0.3) is 0 Å². The number of hydrogen-bond acceptors (Lipinski definition) is 4. The van der Waals surface area contributed by atoms with Crippen molar-refractivity contribution in [2.75, 3.05) is 25.1 Å². The molecule has 1 atom stereocenters. The van der Waals surface area contributed by atoms with Crippen LogP contribution in [0.1, 0.15) is 6.42 Å². The van der Waals surface area contributed by atoms with Gasteiger partial charge in [-0.15, -0.1) is 0 Å². The third kappa shape index (κ3) is 2.22. The Balaban J connectivity index is 2.09. The molecule has 1 heterocycles. The average molecular weight is 208 g/mol. The van der Waals surface area contributed by atoms with E-state index in [0.717, 1.165) is 18.7 Å². The van der Waals surface area contributed by atoms with Gasteiger partial charge in [-0.1, -0.05) is 0 Å². The second kappa shape index (κ2) is 4.08. The van der Waals surface area contributed by atoms with Gasteiger partial charge in [-0.2, -0.15) is 0 Å². The van der Waals surface area contributed by atoms with Gasteiger partial charge in [-0.05, 0) is 30.7 Å². The Bertz CT molecular complexity index is 318. The van der Waals surface area contributed by atoms with Crippen LogP contribution in [0.15, 0.2) is 24.3 Å². The average Bonchev–Trinajstić information content (AvgIpc) is 2.71. The number of nitrogens with one attached hydrogen (secondary N) is 1. The number of nitrogens with two attached hydrogens (primary N) is 1. The molecular weight excluding hydrogens is 192 g/mol. The molecule has 1 aromatic carbocycles. The maximum atomic E-state index is 9.16. The van der Waals surface area contributed by atoms with E-state index >= 15 is 0 Å². The Labute approximate surface area is 89.0 Å². The molecule has 4 N–H and O–H groups in total. The fourth-order valence-corrected chi connectivity index (χ4v) is 1.77. The van der Waals surface area contributed by atoms with Crippen LogP contribution in [0.5, 0.6) is 5.75 Å². The summed E-state index contributed by atoms with van der Waals surface area (Å²) < 4.78 is 5.36. The number of phenols is 1. The zero-order valence-electron chi connectivity index (χ0n) is 8.57. The predicted molar refractivity (Wildman–Crippen MR) is 59.0 cm³/mol. The van der Waals surface area contributed by atoms with E-state index in [0.29, 0.717) is 13.2 Å². The lowest BCUT2D eigenvalue weighted by atomic mass is 9.98. The molecule has 1 fully saturated rings. The van der Waals surface area contributed by atoms with Crippen LogP contribution in [0.4, 0.5) is 5.69 Å². The highest BCUT2D eigenvalue weighted by molar-refractivity contribution is 5.48. The summed E-state index contributed by atoms with van der Waals surface area (Å²) in [6.07, 6.45) is 0.921. The summed E-state index contributed by atoms with van der Waals surface area (Å²) in [5, 5.41) is 12.5. The Morgan fingerprint density at radius 1 is 1.40 bits per heavy atom. The Kier molecular flexibility index (Phi) is 2.79. The summed E-state index contributed by atoms with van der Waals surface area (Å²) in [6, 6.07) is 6.99. The zero-order valence-corrected chi connectivity index (χ0v) is 8.57. The van der Waals surface area contributed by atoms with Gasteiger partial charge in [0.2, 0.25) is 0 Å². The summed E-state index contributed by atoms with van der Waals surface area (Å²) in [4.78, 5) is 0. The molecule has 0 saturated carbocycles. The molecule has 4 nitrogen and oxygen atoms in total. The maximum Gasteiger partial charge on any atom is 0.115 e. The van der Waals surface area contributed by atoms with Crippen molar-refractivity contribution in [2.24, 2.45) is 5.73 Å². The smallest absolute Gasteiger partial charge is 0.115 e. The van der Waals surface area contributed by atoms with Crippen molar-refractivity contribution in [3.63, 3.8) is 0 Å². The van der Waals surface area contributed by atoms with Crippen LogP contribution in [0.2, 0.25) is 0 Å².